The smallest absolute Gasteiger partial charge is 0.157 e. The van der Waals surface area contributed by atoms with Crippen LogP contribution >= 0.6 is 11.6 Å². The molecular weight excluding hydrogens is 255 g/mol. The Balaban J connectivity index is 1.97. The van der Waals surface area contributed by atoms with E-state index in [0.717, 1.165) is 0 Å². The quantitative estimate of drug-likeness (QED) is 0.835. The molecule has 0 unspecified atom stereocenters. The van der Waals surface area contributed by atoms with Gasteiger partial charge in [0.2, 0.25) is 0 Å². The Morgan fingerprint density at radius 3 is 2.83 bits per heavy atom. The third-order valence-electron chi connectivity index (χ3n) is 2.48. The fourth-order valence-corrected chi connectivity index (χ4v) is 1.66. The summed E-state index contributed by atoms with van der Waals surface area (Å²) >= 11 is 5.76. The summed E-state index contributed by atoms with van der Waals surface area (Å²) in [6.45, 7) is 0.512. The monoisotopic (exact) mass is 266 g/mol. The number of aromatic nitrogens is 2. The molecule has 1 aromatic carbocycles. The van der Waals surface area contributed by atoms with Crippen LogP contribution in [-0.2, 0) is 6.42 Å². The second kappa shape index (κ2) is 5.64. The van der Waals surface area contributed by atoms with Gasteiger partial charge >= 0.3 is 0 Å². The summed E-state index contributed by atoms with van der Waals surface area (Å²) in [5, 5.41) is 3.21. The molecule has 94 valence electrons. The normalized spacial score (nSPS) is 10.3. The molecule has 0 bridgehead atoms. The van der Waals surface area contributed by atoms with Gasteiger partial charge < -0.3 is 11.1 Å². The molecule has 0 amide bonds. The zero-order chi connectivity index (χ0) is 13.0. The number of hydrogen-bond donors (Lipinski definition) is 2. The van der Waals surface area contributed by atoms with E-state index in [1.807, 2.05) is 0 Å². The molecular formula is C12H12ClFN4. The fraction of sp³-hybridized carbons (Fsp3) is 0.167. The zero-order valence-electron chi connectivity index (χ0n) is 9.53. The first-order valence-electron chi connectivity index (χ1n) is 5.41. The molecule has 0 fully saturated rings. The molecule has 0 saturated heterocycles. The lowest BCUT2D eigenvalue weighted by Gasteiger charge is -2.08. The van der Waals surface area contributed by atoms with Crippen LogP contribution in [0.15, 0.2) is 30.6 Å². The first kappa shape index (κ1) is 12.6. The number of nitrogen functional groups attached to an aromatic ring is 1. The Labute approximate surface area is 109 Å². The van der Waals surface area contributed by atoms with Crippen LogP contribution in [-0.4, -0.2) is 16.5 Å². The summed E-state index contributed by atoms with van der Waals surface area (Å²) in [7, 11) is 0. The van der Waals surface area contributed by atoms with Gasteiger partial charge in [-0.1, -0.05) is 29.8 Å². The first-order chi connectivity index (χ1) is 8.68. The Hall–Kier alpha value is -1.88. The van der Waals surface area contributed by atoms with E-state index in [4.69, 9.17) is 17.3 Å². The zero-order valence-corrected chi connectivity index (χ0v) is 10.3. The highest BCUT2D eigenvalue weighted by Gasteiger charge is 2.05. The number of hydrogen-bond acceptors (Lipinski definition) is 4. The second-order valence-corrected chi connectivity index (χ2v) is 4.05. The average Bonchev–Trinajstić information content (AvgIpc) is 2.37. The average molecular weight is 267 g/mol. The second-order valence-electron chi connectivity index (χ2n) is 3.69. The van der Waals surface area contributed by atoms with Crippen molar-refractivity contribution in [2.45, 2.75) is 6.42 Å². The SMILES string of the molecule is Nc1c(Cl)ncnc1NCCc1ccccc1F. The van der Waals surface area contributed by atoms with Crippen molar-refractivity contribution in [1.82, 2.24) is 9.97 Å². The fourth-order valence-electron chi connectivity index (χ4n) is 1.53. The van der Waals surface area contributed by atoms with Gasteiger partial charge in [0.05, 0.1) is 0 Å². The molecule has 0 aliphatic carbocycles. The number of rotatable bonds is 4. The minimum atomic E-state index is -0.215. The number of benzene rings is 1. The molecule has 2 aromatic rings. The summed E-state index contributed by atoms with van der Waals surface area (Å²) in [6, 6.07) is 6.64. The van der Waals surface area contributed by atoms with Crippen molar-refractivity contribution in [2.75, 3.05) is 17.6 Å². The largest absolute Gasteiger partial charge is 0.393 e. The summed E-state index contributed by atoms with van der Waals surface area (Å²) in [4.78, 5) is 7.72. The Kier molecular flexibility index (Phi) is 3.94. The van der Waals surface area contributed by atoms with Gasteiger partial charge in [0.25, 0.3) is 0 Å². The molecule has 0 aliphatic rings. The van der Waals surface area contributed by atoms with Gasteiger partial charge in [0.15, 0.2) is 11.0 Å². The Morgan fingerprint density at radius 2 is 2.06 bits per heavy atom. The molecule has 1 heterocycles. The maximum Gasteiger partial charge on any atom is 0.157 e. The Morgan fingerprint density at radius 1 is 1.28 bits per heavy atom. The molecule has 4 nitrogen and oxygen atoms in total. The van der Waals surface area contributed by atoms with E-state index in [2.05, 4.69) is 15.3 Å². The molecule has 3 N–H and O–H groups in total. The van der Waals surface area contributed by atoms with Crippen LogP contribution in [0.1, 0.15) is 5.56 Å². The summed E-state index contributed by atoms with van der Waals surface area (Å²) in [5.41, 5.74) is 6.64. The van der Waals surface area contributed by atoms with E-state index in [-0.39, 0.29) is 11.0 Å². The molecule has 0 spiro atoms. The molecule has 2 rings (SSSR count). The standard InChI is InChI=1S/C12H12ClFN4/c13-11-10(15)12(18-7-17-11)16-6-5-8-3-1-2-4-9(8)14/h1-4,7H,5-6,15H2,(H,16,17,18). The van der Waals surface area contributed by atoms with Gasteiger partial charge in [0.1, 0.15) is 17.8 Å². The lowest BCUT2D eigenvalue weighted by Crippen LogP contribution is -2.10. The molecule has 0 atom stereocenters. The maximum absolute atomic E-state index is 13.4. The molecule has 0 aliphatic heterocycles. The topological polar surface area (TPSA) is 63.8 Å². The van der Waals surface area contributed by atoms with Gasteiger partial charge in [-0.05, 0) is 18.1 Å². The molecule has 0 radical (unpaired) electrons. The molecule has 1 aromatic heterocycles. The van der Waals surface area contributed by atoms with Crippen LogP contribution in [0.2, 0.25) is 5.15 Å². The molecule has 0 saturated carbocycles. The van der Waals surface area contributed by atoms with Crippen LogP contribution in [0, 0.1) is 5.82 Å². The summed E-state index contributed by atoms with van der Waals surface area (Å²) in [5.74, 6) is 0.249. The van der Waals surface area contributed by atoms with Crippen LogP contribution in [0.5, 0.6) is 0 Å². The van der Waals surface area contributed by atoms with Crippen LogP contribution in [0.25, 0.3) is 0 Å². The van der Waals surface area contributed by atoms with Crippen molar-refractivity contribution in [1.29, 1.82) is 0 Å². The van der Waals surface area contributed by atoms with Gasteiger partial charge in [-0.25, -0.2) is 14.4 Å². The van der Waals surface area contributed by atoms with Crippen molar-refractivity contribution in [3.63, 3.8) is 0 Å². The first-order valence-corrected chi connectivity index (χ1v) is 5.79. The maximum atomic E-state index is 13.4. The number of halogens is 2. The third kappa shape index (κ3) is 2.87. The number of nitrogens with two attached hydrogens (primary N) is 1. The predicted octanol–water partition coefficient (Wildman–Crippen LogP) is 2.51. The van der Waals surface area contributed by atoms with Gasteiger partial charge in [0, 0.05) is 6.54 Å². The van der Waals surface area contributed by atoms with E-state index in [1.54, 1.807) is 18.2 Å². The van der Waals surface area contributed by atoms with Crippen molar-refractivity contribution < 1.29 is 4.39 Å². The highest BCUT2D eigenvalue weighted by atomic mass is 35.5. The van der Waals surface area contributed by atoms with Gasteiger partial charge in [-0.3, -0.25) is 0 Å². The molecule has 6 heteroatoms. The van der Waals surface area contributed by atoms with E-state index in [9.17, 15) is 4.39 Å². The predicted molar refractivity (Wildman–Crippen MR) is 70.0 cm³/mol. The molecule has 18 heavy (non-hydrogen) atoms. The van der Waals surface area contributed by atoms with Gasteiger partial charge in [-0.15, -0.1) is 0 Å². The number of nitrogens with one attached hydrogen (secondary N) is 1. The van der Waals surface area contributed by atoms with Crippen molar-refractivity contribution in [2.24, 2.45) is 0 Å². The number of anilines is 2. The minimum absolute atomic E-state index is 0.207. The third-order valence-corrected chi connectivity index (χ3v) is 2.78. The number of nitrogens with zero attached hydrogens (tertiary/aromatic N) is 2. The summed E-state index contributed by atoms with van der Waals surface area (Å²) < 4.78 is 13.4. The van der Waals surface area contributed by atoms with Crippen molar-refractivity contribution in [3.8, 4) is 0 Å². The minimum Gasteiger partial charge on any atom is -0.393 e. The van der Waals surface area contributed by atoms with Crippen LogP contribution < -0.4 is 11.1 Å². The highest BCUT2D eigenvalue weighted by molar-refractivity contribution is 6.32. The van der Waals surface area contributed by atoms with E-state index < -0.39 is 0 Å². The van der Waals surface area contributed by atoms with Gasteiger partial charge in [-0.2, -0.15) is 0 Å². The lowest BCUT2D eigenvalue weighted by molar-refractivity contribution is 0.610. The summed E-state index contributed by atoms with van der Waals surface area (Å²) in [6.07, 6.45) is 1.86. The van der Waals surface area contributed by atoms with Crippen LogP contribution in [0.3, 0.4) is 0 Å². The van der Waals surface area contributed by atoms with Crippen molar-refractivity contribution in [3.05, 3.63) is 47.1 Å². The lowest BCUT2D eigenvalue weighted by atomic mass is 10.1. The van der Waals surface area contributed by atoms with Crippen molar-refractivity contribution >= 4 is 23.1 Å². The Bertz CT molecular complexity index is 547. The van der Waals surface area contributed by atoms with Crippen LogP contribution in [0.4, 0.5) is 15.9 Å². The van der Waals surface area contributed by atoms with E-state index in [0.29, 0.717) is 30.0 Å². The van der Waals surface area contributed by atoms with E-state index >= 15 is 0 Å². The van der Waals surface area contributed by atoms with E-state index in [1.165, 1.54) is 12.4 Å². The highest BCUT2D eigenvalue weighted by Crippen LogP contribution is 2.21.